The van der Waals surface area contributed by atoms with Gasteiger partial charge < -0.3 is 9.47 Å². The number of hydrogen-bond donors (Lipinski definition) is 0. The van der Waals surface area contributed by atoms with Crippen LogP contribution in [0.15, 0.2) is 47.3 Å². The van der Waals surface area contributed by atoms with Gasteiger partial charge in [-0.05, 0) is 18.2 Å². The van der Waals surface area contributed by atoms with E-state index in [0.717, 1.165) is 0 Å². The van der Waals surface area contributed by atoms with Crippen LogP contribution in [0.25, 0.3) is 10.8 Å². The number of fused-ring (bicyclic) bond motifs is 1. The Kier molecular flexibility index (Phi) is 5.98. The molecule has 1 heterocycles. The molecule has 3 aromatic rings. The lowest BCUT2D eigenvalue weighted by Gasteiger charge is -2.11. The first-order chi connectivity index (χ1) is 13.0. The van der Waals surface area contributed by atoms with Crippen molar-refractivity contribution < 1.29 is 14.3 Å². The van der Waals surface area contributed by atoms with E-state index in [1.165, 1.54) is 4.68 Å². The first kappa shape index (κ1) is 19.2. The molecule has 0 fully saturated rings. The minimum atomic E-state index is -0.472. The molecule has 8 heteroatoms. The summed E-state index contributed by atoms with van der Waals surface area (Å²) in [6, 6.07) is 12.0. The summed E-state index contributed by atoms with van der Waals surface area (Å²) < 4.78 is 11.9. The molecular weight excluding hydrogens is 391 g/mol. The van der Waals surface area contributed by atoms with Gasteiger partial charge in [-0.3, -0.25) is 9.59 Å². The van der Waals surface area contributed by atoms with Crippen LogP contribution in [-0.4, -0.2) is 29.0 Å². The number of carbonyl (C=O) groups is 1. The maximum Gasteiger partial charge on any atom is 0.312 e. The second-order valence-electron chi connectivity index (χ2n) is 5.72. The lowest BCUT2D eigenvalue weighted by atomic mass is 10.1. The van der Waals surface area contributed by atoms with Crippen LogP contribution in [-0.2, 0) is 23.0 Å². The van der Waals surface area contributed by atoms with Gasteiger partial charge in [0.15, 0.2) is 5.75 Å². The summed E-state index contributed by atoms with van der Waals surface area (Å²) in [5.41, 5.74) is 0.264. The Bertz CT molecular complexity index is 1030. The minimum absolute atomic E-state index is 0.0318. The van der Waals surface area contributed by atoms with Crippen LogP contribution in [0.2, 0.25) is 10.0 Å². The highest BCUT2D eigenvalue weighted by molar-refractivity contribution is 6.37. The molecule has 0 saturated carbocycles. The Morgan fingerprint density at radius 2 is 1.70 bits per heavy atom. The van der Waals surface area contributed by atoms with Crippen molar-refractivity contribution >= 4 is 39.9 Å². The number of hydrogen-bond acceptors (Lipinski definition) is 5. The monoisotopic (exact) mass is 406 g/mol. The summed E-state index contributed by atoms with van der Waals surface area (Å²) in [7, 11) is 1.55. The fraction of sp³-hybridized carbons (Fsp3) is 0.211. The summed E-state index contributed by atoms with van der Waals surface area (Å²) in [5.74, 6) is -0.122. The van der Waals surface area contributed by atoms with Gasteiger partial charge in [0, 0.05) is 12.4 Å². The molecule has 140 valence electrons. The van der Waals surface area contributed by atoms with Gasteiger partial charge in [-0.2, -0.15) is 5.10 Å². The van der Waals surface area contributed by atoms with Gasteiger partial charge in [0.2, 0.25) is 0 Å². The lowest BCUT2D eigenvalue weighted by molar-refractivity contribution is -0.143. The van der Waals surface area contributed by atoms with Crippen molar-refractivity contribution in [1.29, 1.82) is 0 Å². The number of esters is 1. The van der Waals surface area contributed by atoms with Crippen molar-refractivity contribution in [3.05, 3.63) is 68.6 Å². The Labute approximate surface area is 165 Å². The van der Waals surface area contributed by atoms with E-state index in [1.54, 1.807) is 49.5 Å². The molecule has 0 unspecified atom stereocenters. The van der Waals surface area contributed by atoms with E-state index in [0.29, 0.717) is 32.3 Å². The first-order valence-corrected chi connectivity index (χ1v) is 8.90. The zero-order valence-electron chi connectivity index (χ0n) is 14.4. The van der Waals surface area contributed by atoms with Crippen molar-refractivity contribution in [2.24, 2.45) is 7.05 Å². The summed E-state index contributed by atoms with van der Waals surface area (Å²) in [5, 5.41) is 6.09. The molecule has 3 rings (SSSR count). The number of carbonyl (C=O) groups excluding carboxylic acids is 1. The average Bonchev–Trinajstić information content (AvgIpc) is 2.65. The second-order valence-corrected chi connectivity index (χ2v) is 6.53. The van der Waals surface area contributed by atoms with Crippen LogP contribution in [0.3, 0.4) is 0 Å². The molecule has 0 N–H and O–H groups in total. The fourth-order valence-electron chi connectivity index (χ4n) is 2.61. The third kappa shape index (κ3) is 4.40. The molecule has 2 aromatic carbocycles. The highest BCUT2D eigenvalue weighted by Crippen LogP contribution is 2.32. The van der Waals surface area contributed by atoms with Crippen LogP contribution in [0.5, 0.6) is 5.75 Å². The van der Waals surface area contributed by atoms with Gasteiger partial charge in [-0.15, -0.1) is 0 Å². The molecule has 0 saturated heterocycles. The normalized spacial score (nSPS) is 10.8. The number of benzene rings is 2. The highest BCUT2D eigenvalue weighted by Gasteiger charge is 2.13. The van der Waals surface area contributed by atoms with Gasteiger partial charge in [-0.25, -0.2) is 4.68 Å². The molecule has 0 aliphatic rings. The maximum atomic E-state index is 12.1. The van der Waals surface area contributed by atoms with Crippen LogP contribution in [0, 0.1) is 0 Å². The summed E-state index contributed by atoms with van der Waals surface area (Å²) in [6.45, 7) is 0.140. The molecule has 1 aromatic heterocycles. The number of halogens is 2. The molecule has 0 radical (unpaired) electrons. The van der Waals surface area contributed by atoms with Crippen LogP contribution >= 0.6 is 23.2 Å². The summed E-state index contributed by atoms with van der Waals surface area (Å²) in [6.07, 6.45) is -0.0541. The predicted molar refractivity (Wildman–Crippen MR) is 104 cm³/mol. The molecule has 0 aliphatic heterocycles. The van der Waals surface area contributed by atoms with Crippen LogP contribution < -0.4 is 10.3 Å². The molecular formula is C19H16Cl2N2O4. The van der Waals surface area contributed by atoms with E-state index in [2.05, 4.69) is 5.10 Å². The molecule has 0 bridgehead atoms. The molecule has 0 amide bonds. The average molecular weight is 407 g/mol. The zero-order valence-corrected chi connectivity index (χ0v) is 16.0. The van der Waals surface area contributed by atoms with Gasteiger partial charge in [0.25, 0.3) is 5.56 Å². The molecule has 0 spiro atoms. The van der Waals surface area contributed by atoms with Gasteiger partial charge in [0.1, 0.15) is 13.2 Å². The number of ether oxygens (including phenoxy) is 2. The number of rotatable bonds is 6. The van der Waals surface area contributed by atoms with Crippen molar-refractivity contribution in [1.82, 2.24) is 9.78 Å². The third-order valence-electron chi connectivity index (χ3n) is 3.86. The Balaban J connectivity index is 1.61. The van der Waals surface area contributed by atoms with Gasteiger partial charge >= 0.3 is 5.97 Å². The first-order valence-electron chi connectivity index (χ1n) is 8.14. The lowest BCUT2D eigenvalue weighted by Crippen LogP contribution is -2.23. The van der Waals surface area contributed by atoms with Crippen molar-refractivity contribution in [3.63, 3.8) is 0 Å². The maximum absolute atomic E-state index is 12.1. The molecule has 0 atom stereocenters. The fourth-order valence-corrected chi connectivity index (χ4v) is 3.12. The third-order valence-corrected chi connectivity index (χ3v) is 4.45. The van der Waals surface area contributed by atoms with E-state index in [9.17, 15) is 9.59 Å². The number of aryl methyl sites for hydroxylation is 1. The Morgan fingerprint density at radius 1 is 1.04 bits per heavy atom. The quantitative estimate of drug-likeness (QED) is 0.463. The molecule has 0 aliphatic carbocycles. The summed E-state index contributed by atoms with van der Waals surface area (Å²) >= 11 is 12.0. The van der Waals surface area contributed by atoms with Gasteiger partial charge in [-0.1, -0.05) is 47.5 Å². The predicted octanol–water partition coefficient (Wildman–Crippen LogP) is 3.41. The van der Waals surface area contributed by atoms with E-state index in [4.69, 9.17) is 32.7 Å². The van der Waals surface area contributed by atoms with E-state index in [-0.39, 0.29) is 25.2 Å². The van der Waals surface area contributed by atoms with Crippen molar-refractivity contribution in [2.45, 2.75) is 6.42 Å². The largest absolute Gasteiger partial charge is 0.487 e. The number of para-hydroxylation sites is 1. The zero-order chi connectivity index (χ0) is 19.4. The van der Waals surface area contributed by atoms with Crippen molar-refractivity contribution in [3.8, 4) is 5.75 Å². The van der Waals surface area contributed by atoms with E-state index in [1.807, 2.05) is 0 Å². The van der Waals surface area contributed by atoms with E-state index < -0.39 is 5.97 Å². The minimum Gasteiger partial charge on any atom is -0.487 e. The standard InChI is InChI=1S/C19H16Cl2N2O4/c1-23-19(25)13-6-3-2-5-12(13)16(22-23)11-17(24)26-9-10-27-18-14(20)7-4-8-15(18)21/h2-8H,9-11H2,1H3. The van der Waals surface area contributed by atoms with Crippen LogP contribution in [0.4, 0.5) is 0 Å². The van der Waals surface area contributed by atoms with Crippen molar-refractivity contribution in [2.75, 3.05) is 13.2 Å². The highest BCUT2D eigenvalue weighted by atomic mass is 35.5. The van der Waals surface area contributed by atoms with E-state index >= 15 is 0 Å². The SMILES string of the molecule is Cn1nc(CC(=O)OCCOc2c(Cl)cccc2Cl)c2ccccc2c1=O. The summed E-state index contributed by atoms with van der Waals surface area (Å²) in [4.78, 5) is 24.3. The van der Waals surface area contributed by atoms with Crippen LogP contribution in [0.1, 0.15) is 5.69 Å². The smallest absolute Gasteiger partial charge is 0.312 e. The number of aromatic nitrogens is 2. The molecule has 6 nitrogen and oxygen atoms in total. The number of nitrogens with zero attached hydrogens (tertiary/aromatic N) is 2. The topological polar surface area (TPSA) is 70.4 Å². The second kappa shape index (κ2) is 8.41. The molecule has 27 heavy (non-hydrogen) atoms. The Morgan fingerprint density at radius 3 is 2.41 bits per heavy atom. The Hall–Kier alpha value is -2.57. The van der Waals surface area contributed by atoms with Gasteiger partial charge in [0.05, 0.1) is 27.5 Å².